The Hall–Kier alpha value is -3.86. The van der Waals surface area contributed by atoms with E-state index in [0.717, 1.165) is 5.56 Å². The number of nitrogens with zero attached hydrogens (tertiary/aromatic N) is 1. The van der Waals surface area contributed by atoms with E-state index in [9.17, 15) is 22.8 Å². The second-order valence-corrected chi connectivity index (χ2v) is 10.8. The van der Waals surface area contributed by atoms with Gasteiger partial charge in [-0.25, -0.2) is 13.2 Å². The van der Waals surface area contributed by atoms with Gasteiger partial charge in [-0.3, -0.25) is 9.59 Å². The van der Waals surface area contributed by atoms with E-state index in [1.807, 2.05) is 19.1 Å². The second kappa shape index (κ2) is 11.7. The van der Waals surface area contributed by atoms with Gasteiger partial charge in [0, 0.05) is 29.9 Å². The van der Waals surface area contributed by atoms with Crippen molar-refractivity contribution >= 4 is 33.4 Å². The monoisotopic (exact) mass is 536 g/mol. The summed E-state index contributed by atoms with van der Waals surface area (Å²) in [6.45, 7) is 4.15. The fourth-order valence-electron chi connectivity index (χ4n) is 3.95. The Balaban J connectivity index is 1.43. The molecule has 3 aromatic rings. The van der Waals surface area contributed by atoms with E-state index in [0.29, 0.717) is 24.3 Å². The van der Waals surface area contributed by atoms with Crippen molar-refractivity contribution in [3.8, 4) is 0 Å². The van der Waals surface area contributed by atoms with E-state index in [2.05, 4.69) is 5.32 Å². The lowest BCUT2D eigenvalue weighted by atomic mass is 9.98. The zero-order valence-corrected chi connectivity index (χ0v) is 21.9. The average molecular weight is 537 g/mol. The number of ether oxygens (including phenoxy) is 2. The number of esters is 1. The molecule has 1 aliphatic heterocycles. The highest BCUT2D eigenvalue weighted by Crippen LogP contribution is 2.24. The number of nitrogens with one attached hydrogen (secondary N) is 1. The SMILES string of the molecule is Cc1ccc(C(=O)c2ccccc2C(=O)OCC(=O)Nc2cc(S(=O)(=O)N3CCOCC3)ccc2C)cc1. The molecule has 3 aromatic carbocycles. The van der Waals surface area contributed by atoms with E-state index < -0.39 is 28.5 Å². The van der Waals surface area contributed by atoms with Gasteiger partial charge in [0.05, 0.1) is 23.7 Å². The van der Waals surface area contributed by atoms with Gasteiger partial charge in [-0.15, -0.1) is 0 Å². The van der Waals surface area contributed by atoms with Crippen molar-refractivity contribution in [1.29, 1.82) is 0 Å². The quantitative estimate of drug-likeness (QED) is 0.346. The predicted octanol–water partition coefficient (Wildman–Crippen LogP) is 3.35. The minimum Gasteiger partial charge on any atom is -0.452 e. The maximum Gasteiger partial charge on any atom is 0.339 e. The third-order valence-corrected chi connectivity index (χ3v) is 8.03. The number of sulfonamides is 1. The van der Waals surface area contributed by atoms with Gasteiger partial charge in [-0.2, -0.15) is 4.31 Å². The third-order valence-electron chi connectivity index (χ3n) is 6.13. The predicted molar refractivity (Wildman–Crippen MR) is 141 cm³/mol. The van der Waals surface area contributed by atoms with Gasteiger partial charge in [0.15, 0.2) is 12.4 Å². The Morgan fingerprint density at radius 3 is 2.26 bits per heavy atom. The number of ketones is 1. The molecule has 1 saturated heterocycles. The molecule has 0 aromatic heterocycles. The van der Waals surface area contributed by atoms with Crippen LogP contribution < -0.4 is 5.32 Å². The molecular weight excluding hydrogens is 508 g/mol. The first-order valence-electron chi connectivity index (χ1n) is 12.0. The van der Waals surface area contributed by atoms with E-state index in [4.69, 9.17) is 9.47 Å². The number of amides is 1. The lowest BCUT2D eigenvalue weighted by molar-refractivity contribution is -0.119. The number of carbonyl (C=O) groups excluding carboxylic acids is 3. The fraction of sp³-hybridized carbons (Fsp3) is 0.250. The van der Waals surface area contributed by atoms with Gasteiger partial charge in [-0.05, 0) is 37.6 Å². The molecule has 1 aliphatic rings. The smallest absolute Gasteiger partial charge is 0.339 e. The summed E-state index contributed by atoms with van der Waals surface area (Å²) in [5, 5.41) is 2.61. The largest absolute Gasteiger partial charge is 0.452 e. The fourth-order valence-corrected chi connectivity index (χ4v) is 5.38. The van der Waals surface area contributed by atoms with E-state index in [1.54, 1.807) is 37.3 Å². The summed E-state index contributed by atoms with van der Waals surface area (Å²) >= 11 is 0. The van der Waals surface area contributed by atoms with Gasteiger partial charge in [0.2, 0.25) is 10.0 Å². The Kier molecular flexibility index (Phi) is 8.35. The zero-order valence-electron chi connectivity index (χ0n) is 21.1. The van der Waals surface area contributed by atoms with Crippen LogP contribution >= 0.6 is 0 Å². The molecule has 1 heterocycles. The Labute approximate surface area is 221 Å². The molecule has 0 atom stereocenters. The lowest BCUT2D eigenvalue weighted by Gasteiger charge is -2.26. The molecule has 198 valence electrons. The number of anilines is 1. The summed E-state index contributed by atoms with van der Waals surface area (Å²) in [4.78, 5) is 38.4. The molecule has 1 amide bonds. The second-order valence-electron chi connectivity index (χ2n) is 8.86. The maximum absolute atomic E-state index is 13.0. The van der Waals surface area contributed by atoms with Crippen LogP contribution in [0.25, 0.3) is 0 Å². The zero-order chi connectivity index (χ0) is 27.3. The molecule has 38 heavy (non-hydrogen) atoms. The van der Waals surface area contributed by atoms with Gasteiger partial charge in [0.25, 0.3) is 5.91 Å². The van der Waals surface area contributed by atoms with E-state index in [-0.39, 0.29) is 40.6 Å². The highest BCUT2D eigenvalue weighted by Gasteiger charge is 2.27. The molecule has 1 fully saturated rings. The first-order chi connectivity index (χ1) is 18.2. The van der Waals surface area contributed by atoms with Crippen LogP contribution in [0.3, 0.4) is 0 Å². The summed E-state index contributed by atoms with van der Waals surface area (Å²) in [6, 6.07) is 17.7. The van der Waals surface area contributed by atoms with Crippen molar-refractivity contribution < 1.29 is 32.3 Å². The summed E-state index contributed by atoms with van der Waals surface area (Å²) in [5.74, 6) is -1.81. The van der Waals surface area contributed by atoms with Crippen LogP contribution in [0, 0.1) is 13.8 Å². The van der Waals surface area contributed by atoms with Crippen molar-refractivity contribution in [3.05, 3.63) is 94.5 Å². The molecule has 4 rings (SSSR count). The minimum atomic E-state index is -3.75. The number of carbonyl (C=O) groups is 3. The van der Waals surface area contributed by atoms with Crippen LogP contribution in [0.4, 0.5) is 5.69 Å². The highest BCUT2D eigenvalue weighted by atomic mass is 32.2. The maximum atomic E-state index is 13.0. The standard InChI is InChI=1S/C28H28N2O7S/c1-19-7-10-21(11-8-19)27(32)23-5-3-4-6-24(23)28(33)37-18-26(31)29-25-17-22(12-9-20(25)2)38(34,35)30-13-15-36-16-14-30/h3-12,17H,13-16,18H2,1-2H3,(H,29,31). The highest BCUT2D eigenvalue weighted by molar-refractivity contribution is 7.89. The number of hydrogen-bond donors (Lipinski definition) is 1. The molecule has 0 spiro atoms. The Morgan fingerprint density at radius 1 is 0.921 bits per heavy atom. The molecule has 10 heteroatoms. The molecule has 0 bridgehead atoms. The van der Waals surface area contributed by atoms with Gasteiger partial charge >= 0.3 is 5.97 Å². The van der Waals surface area contributed by atoms with Gasteiger partial charge in [0.1, 0.15) is 0 Å². The summed E-state index contributed by atoms with van der Waals surface area (Å²) in [6.07, 6.45) is 0. The van der Waals surface area contributed by atoms with Crippen LogP contribution in [0.5, 0.6) is 0 Å². The van der Waals surface area contributed by atoms with Crippen LogP contribution in [0.15, 0.2) is 71.6 Å². The summed E-state index contributed by atoms with van der Waals surface area (Å²) in [5.41, 5.74) is 2.56. The van der Waals surface area contributed by atoms with Gasteiger partial charge < -0.3 is 14.8 Å². The van der Waals surface area contributed by atoms with Crippen LogP contribution in [-0.2, 0) is 24.3 Å². The Bertz CT molecular complexity index is 1460. The van der Waals surface area contributed by atoms with Crippen molar-refractivity contribution in [2.24, 2.45) is 0 Å². The first kappa shape index (κ1) is 27.2. The van der Waals surface area contributed by atoms with Crippen molar-refractivity contribution in [2.75, 3.05) is 38.2 Å². The minimum absolute atomic E-state index is 0.0423. The van der Waals surface area contributed by atoms with Crippen LogP contribution in [0.2, 0.25) is 0 Å². The van der Waals surface area contributed by atoms with E-state index >= 15 is 0 Å². The number of aryl methyl sites for hydroxylation is 2. The first-order valence-corrected chi connectivity index (χ1v) is 13.5. The molecule has 9 nitrogen and oxygen atoms in total. The van der Waals surface area contributed by atoms with Crippen molar-refractivity contribution in [3.63, 3.8) is 0 Å². The number of hydrogen-bond acceptors (Lipinski definition) is 7. The third kappa shape index (κ3) is 6.16. The molecule has 0 aliphatic carbocycles. The molecular formula is C28H28N2O7S. The van der Waals surface area contributed by atoms with E-state index in [1.165, 1.54) is 28.6 Å². The molecule has 0 unspecified atom stereocenters. The molecule has 1 N–H and O–H groups in total. The molecule has 0 radical (unpaired) electrons. The van der Waals surface area contributed by atoms with Crippen molar-refractivity contribution in [1.82, 2.24) is 4.31 Å². The van der Waals surface area contributed by atoms with Crippen molar-refractivity contribution in [2.45, 2.75) is 18.7 Å². The normalized spacial score (nSPS) is 14.1. The topological polar surface area (TPSA) is 119 Å². The number of benzene rings is 3. The van der Waals surface area contributed by atoms with Gasteiger partial charge in [-0.1, -0.05) is 54.1 Å². The summed E-state index contributed by atoms with van der Waals surface area (Å²) < 4.78 is 37.7. The van der Waals surface area contributed by atoms with Crippen LogP contribution in [-0.4, -0.2) is 63.3 Å². The average Bonchev–Trinajstić information content (AvgIpc) is 2.93. The number of rotatable bonds is 8. The Morgan fingerprint density at radius 2 is 1.58 bits per heavy atom. The lowest BCUT2D eigenvalue weighted by Crippen LogP contribution is -2.40. The summed E-state index contributed by atoms with van der Waals surface area (Å²) in [7, 11) is -3.75. The molecule has 0 saturated carbocycles. The number of morpholine rings is 1. The van der Waals surface area contributed by atoms with Crippen LogP contribution in [0.1, 0.15) is 37.4 Å².